The largest absolute Gasteiger partial charge is 0.496 e. The first-order valence-corrected chi connectivity index (χ1v) is 7.93. The van der Waals surface area contributed by atoms with Gasteiger partial charge in [0, 0.05) is 5.69 Å². The van der Waals surface area contributed by atoms with E-state index in [4.69, 9.17) is 9.47 Å². The summed E-state index contributed by atoms with van der Waals surface area (Å²) in [5.74, 6) is -0.650. The predicted octanol–water partition coefficient (Wildman–Crippen LogP) is 4.43. The molecular formula is C19H21FN2O4. The zero-order valence-electron chi connectivity index (χ0n) is 15.1. The Bertz CT molecular complexity index is 815. The maximum Gasteiger partial charge on any atom is 0.412 e. The Hall–Kier alpha value is -3.09. The van der Waals surface area contributed by atoms with Crippen molar-refractivity contribution in [1.29, 1.82) is 0 Å². The fraction of sp³-hybridized carbons (Fsp3) is 0.263. The van der Waals surface area contributed by atoms with Gasteiger partial charge in [-0.2, -0.15) is 0 Å². The van der Waals surface area contributed by atoms with E-state index < -0.39 is 23.4 Å². The van der Waals surface area contributed by atoms with Crippen molar-refractivity contribution in [2.24, 2.45) is 0 Å². The minimum atomic E-state index is -0.787. The smallest absolute Gasteiger partial charge is 0.412 e. The van der Waals surface area contributed by atoms with Crippen LogP contribution < -0.4 is 15.4 Å². The summed E-state index contributed by atoms with van der Waals surface area (Å²) in [7, 11) is 1.47. The summed E-state index contributed by atoms with van der Waals surface area (Å²) < 4.78 is 24.2. The first-order valence-electron chi connectivity index (χ1n) is 7.93. The van der Waals surface area contributed by atoms with Crippen LogP contribution in [0.1, 0.15) is 31.1 Å². The van der Waals surface area contributed by atoms with Crippen LogP contribution in [0.2, 0.25) is 0 Å². The molecule has 0 fully saturated rings. The van der Waals surface area contributed by atoms with Gasteiger partial charge in [-0.1, -0.05) is 12.1 Å². The molecule has 26 heavy (non-hydrogen) atoms. The number of anilines is 2. The average molecular weight is 360 g/mol. The molecule has 2 amide bonds. The van der Waals surface area contributed by atoms with Gasteiger partial charge in [0.1, 0.15) is 17.2 Å². The van der Waals surface area contributed by atoms with Crippen LogP contribution in [0, 0.1) is 5.82 Å². The number of benzene rings is 2. The van der Waals surface area contributed by atoms with Crippen LogP contribution in [0.25, 0.3) is 0 Å². The van der Waals surface area contributed by atoms with Gasteiger partial charge in [0.05, 0.1) is 18.4 Å². The molecular weight excluding hydrogens is 339 g/mol. The maximum atomic E-state index is 13.9. The van der Waals surface area contributed by atoms with Crippen molar-refractivity contribution < 1.29 is 23.5 Å². The van der Waals surface area contributed by atoms with Crippen LogP contribution in [0.4, 0.5) is 20.6 Å². The fourth-order valence-corrected chi connectivity index (χ4v) is 2.14. The predicted molar refractivity (Wildman–Crippen MR) is 97.2 cm³/mol. The summed E-state index contributed by atoms with van der Waals surface area (Å²) in [6.07, 6.45) is -0.787. The first kappa shape index (κ1) is 19.2. The number of carbonyl (C=O) groups excluding carboxylic acids is 2. The molecule has 0 aromatic heterocycles. The molecule has 2 aromatic carbocycles. The standard InChI is InChI=1S/C19H21FN2O4/c1-19(2,3)26-18(24)22-15-11-12(9-10-14(15)20)21-17(23)13-7-5-6-8-16(13)25-4/h5-11H,1-4H3,(H,21,23)(H,22,24). The van der Waals surface area contributed by atoms with Gasteiger partial charge >= 0.3 is 6.09 Å². The second-order valence-corrected chi connectivity index (χ2v) is 6.48. The van der Waals surface area contributed by atoms with Crippen LogP contribution in [0.5, 0.6) is 5.75 Å². The molecule has 0 aliphatic rings. The summed E-state index contributed by atoms with van der Waals surface area (Å²) in [6, 6.07) is 10.6. The van der Waals surface area contributed by atoms with Crippen LogP contribution in [0.15, 0.2) is 42.5 Å². The Morgan fingerprint density at radius 1 is 1.04 bits per heavy atom. The highest BCUT2D eigenvalue weighted by atomic mass is 19.1. The number of hydrogen-bond donors (Lipinski definition) is 2. The molecule has 0 atom stereocenters. The van der Waals surface area contributed by atoms with Crippen molar-refractivity contribution in [2.75, 3.05) is 17.7 Å². The normalized spacial score (nSPS) is 10.8. The molecule has 6 nitrogen and oxygen atoms in total. The molecule has 2 N–H and O–H groups in total. The van der Waals surface area contributed by atoms with E-state index in [1.54, 1.807) is 45.0 Å². The van der Waals surface area contributed by atoms with Gasteiger partial charge in [-0.05, 0) is 51.1 Å². The van der Waals surface area contributed by atoms with Crippen molar-refractivity contribution in [3.8, 4) is 5.75 Å². The van der Waals surface area contributed by atoms with Crippen molar-refractivity contribution in [3.05, 3.63) is 53.8 Å². The lowest BCUT2D eigenvalue weighted by Crippen LogP contribution is -2.27. The first-order chi connectivity index (χ1) is 12.2. The number of carbonyl (C=O) groups is 2. The van der Waals surface area contributed by atoms with E-state index in [0.29, 0.717) is 17.0 Å². The summed E-state index contributed by atoms with van der Waals surface area (Å²) in [5.41, 5.74) is -0.164. The summed E-state index contributed by atoms with van der Waals surface area (Å²) in [4.78, 5) is 24.2. The monoisotopic (exact) mass is 360 g/mol. The second kappa shape index (κ2) is 7.86. The lowest BCUT2D eigenvalue weighted by atomic mass is 10.1. The molecule has 0 saturated heterocycles. The van der Waals surface area contributed by atoms with Crippen molar-refractivity contribution in [2.45, 2.75) is 26.4 Å². The number of hydrogen-bond acceptors (Lipinski definition) is 4. The minimum Gasteiger partial charge on any atom is -0.496 e. The van der Waals surface area contributed by atoms with E-state index in [0.717, 1.165) is 6.07 Å². The molecule has 2 rings (SSSR count). The third-order valence-corrected chi connectivity index (χ3v) is 3.21. The topological polar surface area (TPSA) is 76.7 Å². The number of methoxy groups -OCH3 is 1. The highest BCUT2D eigenvalue weighted by Gasteiger charge is 2.18. The number of rotatable bonds is 4. The molecule has 0 radical (unpaired) electrons. The van der Waals surface area contributed by atoms with E-state index >= 15 is 0 Å². The summed E-state index contributed by atoms with van der Waals surface area (Å²) in [5, 5.41) is 4.97. The van der Waals surface area contributed by atoms with Crippen LogP contribution in [0.3, 0.4) is 0 Å². The highest BCUT2D eigenvalue weighted by molar-refractivity contribution is 6.06. The molecule has 7 heteroatoms. The van der Waals surface area contributed by atoms with Crippen LogP contribution >= 0.6 is 0 Å². The molecule has 0 aliphatic carbocycles. The van der Waals surface area contributed by atoms with Gasteiger partial charge in [-0.25, -0.2) is 9.18 Å². The van der Waals surface area contributed by atoms with E-state index in [1.165, 1.54) is 19.2 Å². The quantitative estimate of drug-likeness (QED) is 0.845. The van der Waals surface area contributed by atoms with Crippen LogP contribution in [-0.4, -0.2) is 24.7 Å². The zero-order valence-corrected chi connectivity index (χ0v) is 15.1. The second-order valence-electron chi connectivity index (χ2n) is 6.48. The lowest BCUT2D eigenvalue weighted by molar-refractivity contribution is 0.0635. The molecule has 0 heterocycles. The van der Waals surface area contributed by atoms with E-state index in [9.17, 15) is 14.0 Å². The molecule has 0 unspecified atom stereocenters. The Morgan fingerprint density at radius 3 is 2.38 bits per heavy atom. The van der Waals surface area contributed by atoms with E-state index in [1.807, 2.05) is 0 Å². The molecule has 2 aromatic rings. The van der Waals surface area contributed by atoms with Crippen molar-refractivity contribution in [3.63, 3.8) is 0 Å². The fourth-order valence-electron chi connectivity index (χ4n) is 2.14. The average Bonchev–Trinajstić information content (AvgIpc) is 2.56. The Labute approximate surface area is 151 Å². The van der Waals surface area contributed by atoms with E-state index in [2.05, 4.69) is 10.6 Å². The summed E-state index contributed by atoms with van der Waals surface area (Å²) >= 11 is 0. The van der Waals surface area contributed by atoms with Crippen LogP contribution in [-0.2, 0) is 4.74 Å². The lowest BCUT2D eigenvalue weighted by Gasteiger charge is -2.20. The summed E-state index contributed by atoms with van der Waals surface area (Å²) in [6.45, 7) is 5.10. The Kier molecular flexibility index (Phi) is 5.82. The number of ether oxygens (including phenoxy) is 2. The molecule has 0 saturated carbocycles. The Balaban J connectivity index is 2.16. The van der Waals surface area contributed by atoms with Gasteiger partial charge in [0.25, 0.3) is 5.91 Å². The van der Waals surface area contributed by atoms with Crippen molar-refractivity contribution in [1.82, 2.24) is 0 Å². The highest BCUT2D eigenvalue weighted by Crippen LogP contribution is 2.23. The maximum absolute atomic E-state index is 13.9. The van der Waals surface area contributed by atoms with Gasteiger partial charge in [-0.3, -0.25) is 10.1 Å². The van der Waals surface area contributed by atoms with Gasteiger partial charge in [0.2, 0.25) is 0 Å². The number of nitrogens with one attached hydrogen (secondary N) is 2. The Morgan fingerprint density at radius 2 is 1.73 bits per heavy atom. The SMILES string of the molecule is COc1ccccc1C(=O)Nc1ccc(F)c(NC(=O)OC(C)(C)C)c1. The third-order valence-electron chi connectivity index (χ3n) is 3.21. The van der Waals surface area contributed by atoms with Gasteiger partial charge in [-0.15, -0.1) is 0 Å². The van der Waals surface area contributed by atoms with Gasteiger partial charge < -0.3 is 14.8 Å². The third kappa shape index (κ3) is 5.20. The number of halogens is 1. The molecule has 0 aliphatic heterocycles. The molecule has 0 spiro atoms. The molecule has 138 valence electrons. The van der Waals surface area contributed by atoms with Crippen molar-refractivity contribution >= 4 is 23.4 Å². The number of amides is 2. The zero-order chi connectivity index (χ0) is 19.3. The van der Waals surface area contributed by atoms with Gasteiger partial charge in [0.15, 0.2) is 0 Å². The molecule has 0 bridgehead atoms. The number of para-hydroxylation sites is 1. The van der Waals surface area contributed by atoms with E-state index in [-0.39, 0.29) is 5.69 Å². The minimum absolute atomic E-state index is 0.0999.